The van der Waals surface area contributed by atoms with E-state index in [9.17, 15) is 4.79 Å². The van der Waals surface area contributed by atoms with Crippen molar-refractivity contribution in [1.29, 1.82) is 5.26 Å². The third kappa shape index (κ3) is 3.41. The van der Waals surface area contributed by atoms with Crippen LogP contribution >= 0.6 is 0 Å². The van der Waals surface area contributed by atoms with Crippen molar-refractivity contribution < 1.29 is 9.90 Å². The summed E-state index contributed by atoms with van der Waals surface area (Å²) in [7, 11) is 0. The average molecular weight is 234 g/mol. The van der Waals surface area contributed by atoms with Gasteiger partial charge in [0.05, 0.1) is 0 Å². The normalized spacial score (nSPS) is 11.9. The Kier molecular flexibility index (Phi) is 3.99. The fourth-order valence-electron chi connectivity index (χ4n) is 1.34. The first-order valence-corrected chi connectivity index (χ1v) is 5.19. The molecule has 0 aromatic carbocycles. The highest BCUT2D eigenvalue weighted by atomic mass is 16.4. The first kappa shape index (κ1) is 12.9. The van der Waals surface area contributed by atoms with Crippen molar-refractivity contribution in [2.24, 2.45) is 5.92 Å². The van der Waals surface area contributed by atoms with Gasteiger partial charge in [0.15, 0.2) is 0 Å². The number of aryl methyl sites for hydroxylation is 1. The molecule has 0 aliphatic heterocycles. The molecule has 6 nitrogen and oxygen atoms in total. The number of nitrogens with one attached hydrogen (secondary N) is 1. The molecule has 1 rings (SSSR count). The molecule has 17 heavy (non-hydrogen) atoms. The van der Waals surface area contributed by atoms with Gasteiger partial charge < -0.3 is 10.4 Å². The molecule has 0 radical (unpaired) electrons. The number of nitrogens with zero attached hydrogens (tertiary/aromatic N) is 3. The number of carboxylic acids is 1. The van der Waals surface area contributed by atoms with Crippen molar-refractivity contribution in [1.82, 2.24) is 9.97 Å². The third-order valence-corrected chi connectivity index (χ3v) is 2.19. The van der Waals surface area contributed by atoms with E-state index in [-0.39, 0.29) is 17.6 Å². The summed E-state index contributed by atoms with van der Waals surface area (Å²) in [6, 6.07) is 2.66. The Morgan fingerprint density at radius 2 is 2.18 bits per heavy atom. The summed E-state index contributed by atoms with van der Waals surface area (Å²) in [6.07, 6.45) is 0. The van der Waals surface area contributed by atoms with Crippen LogP contribution < -0.4 is 5.32 Å². The topological polar surface area (TPSA) is 98.9 Å². The number of nitriles is 1. The van der Waals surface area contributed by atoms with E-state index in [0.717, 1.165) is 0 Å². The molecule has 1 aromatic rings. The Labute approximate surface area is 99.3 Å². The highest BCUT2D eigenvalue weighted by molar-refractivity contribution is 5.76. The van der Waals surface area contributed by atoms with Crippen LogP contribution in [0, 0.1) is 24.2 Å². The quantitative estimate of drug-likeness (QED) is 0.811. The molecule has 0 saturated carbocycles. The van der Waals surface area contributed by atoms with Gasteiger partial charge in [0.25, 0.3) is 0 Å². The Balaban J connectivity index is 2.98. The average Bonchev–Trinajstić information content (AvgIpc) is 2.24. The van der Waals surface area contributed by atoms with Crippen molar-refractivity contribution >= 4 is 11.9 Å². The predicted octanol–water partition coefficient (Wildman–Crippen LogP) is 1.18. The fourth-order valence-corrected chi connectivity index (χ4v) is 1.34. The van der Waals surface area contributed by atoms with E-state index in [1.165, 1.54) is 6.07 Å². The third-order valence-electron chi connectivity index (χ3n) is 2.19. The van der Waals surface area contributed by atoms with Gasteiger partial charge in [-0.25, -0.2) is 14.8 Å². The number of carboxylic acid groups (broad SMARTS) is 1. The van der Waals surface area contributed by atoms with Gasteiger partial charge in [-0.3, -0.25) is 0 Å². The zero-order valence-corrected chi connectivity index (χ0v) is 9.93. The molecule has 2 N–H and O–H groups in total. The molecule has 90 valence electrons. The molecule has 1 heterocycles. The molecule has 0 fully saturated rings. The maximum atomic E-state index is 11.0. The molecule has 0 aliphatic rings. The van der Waals surface area contributed by atoms with E-state index in [4.69, 9.17) is 10.4 Å². The number of aromatic nitrogens is 2. The fraction of sp³-hybridized carbons (Fsp3) is 0.455. The largest absolute Gasteiger partial charge is 0.480 e. The summed E-state index contributed by atoms with van der Waals surface area (Å²) in [5.41, 5.74) is 0.833. The van der Waals surface area contributed by atoms with E-state index >= 15 is 0 Å². The standard InChI is InChI=1S/C11H14N4O2/c1-6(2)9(10(16)17)15-11-13-7(3)4-8(5-12)14-11/h4,6,9H,1-3H3,(H,16,17)(H,13,14,15)/t9-/m0/s1. The lowest BCUT2D eigenvalue weighted by molar-refractivity contribution is -0.138. The Hall–Kier alpha value is -2.16. The number of carbonyl (C=O) groups is 1. The summed E-state index contributed by atoms with van der Waals surface area (Å²) in [5.74, 6) is -0.909. The maximum Gasteiger partial charge on any atom is 0.326 e. The van der Waals surface area contributed by atoms with E-state index < -0.39 is 12.0 Å². The highest BCUT2D eigenvalue weighted by Crippen LogP contribution is 2.10. The summed E-state index contributed by atoms with van der Waals surface area (Å²) in [4.78, 5) is 19.0. The van der Waals surface area contributed by atoms with Crippen LogP contribution in [0.3, 0.4) is 0 Å². The van der Waals surface area contributed by atoms with Crippen LogP contribution in [0.2, 0.25) is 0 Å². The Bertz CT molecular complexity index is 465. The van der Waals surface area contributed by atoms with Crippen molar-refractivity contribution in [2.45, 2.75) is 26.8 Å². The van der Waals surface area contributed by atoms with Crippen LogP contribution in [-0.2, 0) is 4.79 Å². The smallest absolute Gasteiger partial charge is 0.326 e. The molecule has 6 heteroatoms. The number of hydrogen-bond acceptors (Lipinski definition) is 5. The summed E-state index contributed by atoms with van der Waals surface area (Å²) in [6.45, 7) is 5.29. The van der Waals surface area contributed by atoms with Gasteiger partial charge >= 0.3 is 5.97 Å². The summed E-state index contributed by atoms with van der Waals surface area (Å²) >= 11 is 0. The van der Waals surface area contributed by atoms with Crippen molar-refractivity contribution in [3.8, 4) is 6.07 Å². The molecule has 1 aromatic heterocycles. The summed E-state index contributed by atoms with van der Waals surface area (Å²) in [5, 5.41) is 20.5. The van der Waals surface area contributed by atoms with E-state index in [2.05, 4.69) is 15.3 Å². The highest BCUT2D eigenvalue weighted by Gasteiger charge is 2.22. The molecule has 1 atom stereocenters. The van der Waals surface area contributed by atoms with Crippen LogP contribution in [0.15, 0.2) is 6.07 Å². The van der Waals surface area contributed by atoms with Gasteiger partial charge in [-0.2, -0.15) is 5.26 Å². The molecular formula is C11H14N4O2. The lowest BCUT2D eigenvalue weighted by Crippen LogP contribution is -2.35. The van der Waals surface area contributed by atoms with Gasteiger partial charge in [-0.1, -0.05) is 13.8 Å². The maximum absolute atomic E-state index is 11.0. The van der Waals surface area contributed by atoms with E-state index in [0.29, 0.717) is 5.69 Å². The van der Waals surface area contributed by atoms with Crippen LogP contribution in [-0.4, -0.2) is 27.1 Å². The van der Waals surface area contributed by atoms with Crippen molar-refractivity contribution in [3.63, 3.8) is 0 Å². The second-order valence-corrected chi connectivity index (χ2v) is 4.03. The van der Waals surface area contributed by atoms with E-state index in [1.54, 1.807) is 20.8 Å². The van der Waals surface area contributed by atoms with Crippen molar-refractivity contribution in [3.05, 3.63) is 17.5 Å². The van der Waals surface area contributed by atoms with Crippen LogP contribution in [0.25, 0.3) is 0 Å². The van der Waals surface area contributed by atoms with Gasteiger partial charge in [0.1, 0.15) is 17.8 Å². The first-order valence-electron chi connectivity index (χ1n) is 5.19. The Morgan fingerprint density at radius 1 is 1.53 bits per heavy atom. The minimum atomic E-state index is -0.969. The van der Waals surface area contributed by atoms with Gasteiger partial charge in [-0.05, 0) is 18.9 Å². The van der Waals surface area contributed by atoms with E-state index in [1.807, 2.05) is 6.07 Å². The predicted molar refractivity (Wildman–Crippen MR) is 61.4 cm³/mol. The molecule has 0 unspecified atom stereocenters. The van der Waals surface area contributed by atoms with Gasteiger partial charge in [0, 0.05) is 5.69 Å². The van der Waals surface area contributed by atoms with Crippen LogP contribution in [0.1, 0.15) is 25.2 Å². The molecule has 0 saturated heterocycles. The number of rotatable bonds is 4. The minimum absolute atomic E-state index is 0.109. The number of aliphatic carboxylic acids is 1. The van der Waals surface area contributed by atoms with Crippen LogP contribution in [0.5, 0.6) is 0 Å². The molecule has 0 aliphatic carbocycles. The monoisotopic (exact) mass is 234 g/mol. The zero-order valence-electron chi connectivity index (χ0n) is 9.93. The molecule has 0 spiro atoms. The second kappa shape index (κ2) is 5.25. The number of anilines is 1. The molecular weight excluding hydrogens is 220 g/mol. The Morgan fingerprint density at radius 3 is 2.65 bits per heavy atom. The van der Waals surface area contributed by atoms with Gasteiger partial charge in [-0.15, -0.1) is 0 Å². The lowest BCUT2D eigenvalue weighted by Gasteiger charge is -2.17. The van der Waals surface area contributed by atoms with Gasteiger partial charge in [0.2, 0.25) is 5.95 Å². The van der Waals surface area contributed by atoms with Crippen molar-refractivity contribution in [2.75, 3.05) is 5.32 Å². The first-order chi connectivity index (χ1) is 7.93. The summed E-state index contributed by atoms with van der Waals surface area (Å²) < 4.78 is 0. The molecule has 0 bridgehead atoms. The van der Waals surface area contributed by atoms with Crippen LogP contribution in [0.4, 0.5) is 5.95 Å². The SMILES string of the molecule is Cc1cc(C#N)nc(N[C@H](C(=O)O)C(C)C)n1. The molecule has 0 amide bonds. The zero-order chi connectivity index (χ0) is 13.0. The minimum Gasteiger partial charge on any atom is -0.480 e. The second-order valence-electron chi connectivity index (χ2n) is 4.03. The number of hydrogen-bond donors (Lipinski definition) is 2. The lowest BCUT2D eigenvalue weighted by atomic mass is 10.1.